The molecule has 0 heterocycles. The average molecular weight is 394 g/mol. The zero-order valence-corrected chi connectivity index (χ0v) is 14.5. The Balaban J connectivity index is 2.11. The molecule has 3 aromatic carbocycles. The summed E-state index contributed by atoms with van der Waals surface area (Å²) in [5.74, 6) is -3.19. The lowest BCUT2D eigenvalue weighted by atomic mass is 10.1. The Hall–Kier alpha value is -3.29. The smallest absolute Gasteiger partial charge is 0.419 e. The van der Waals surface area contributed by atoms with Gasteiger partial charge in [-0.3, -0.25) is 0 Å². The van der Waals surface area contributed by atoms with Crippen LogP contribution in [0.15, 0.2) is 54.6 Å². The summed E-state index contributed by atoms with van der Waals surface area (Å²) in [5, 5.41) is 9.43. The predicted octanol–water partition coefficient (Wildman–Crippen LogP) is 5.64. The Morgan fingerprint density at radius 2 is 1.61 bits per heavy atom. The molecule has 4 nitrogen and oxygen atoms in total. The molecule has 146 valence electrons. The number of hydrogen-bond donors (Lipinski definition) is 1. The maximum atomic E-state index is 14.6. The fraction of sp³-hybridized carbons (Fsp3) is 0.150. The van der Waals surface area contributed by atoms with Gasteiger partial charge in [0.05, 0.1) is 5.56 Å². The third kappa shape index (κ3) is 3.85. The third-order valence-electron chi connectivity index (χ3n) is 3.97. The first-order valence-corrected chi connectivity index (χ1v) is 8.13. The standard InChI is InChI=1S/C20H14F4O4/c1-11(19(25)26)27-18-13-7-3-2-6-12(13)17(10-15(18)21)28-16-9-5-4-8-14(16)20(22,23)24/h2-11H,1H3,(H,25,26). The molecule has 0 aliphatic rings. The molecule has 0 bridgehead atoms. The average Bonchev–Trinajstić information content (AvgIpc) is 2.64. The topological polar surface area (TPSA) is 55.8 Å². The molecule has 0 radical (unpaired) electrons. The van der Waals surface area contributed by atoms with Crippen LogP contribution in [0.3, 0.4) is 0 Å². The molecule has 1 N–H and O–H groups in total. The summed E-state index contributed by atoms with van der Waals surface area (Å²) in [7, 11) is 0. The minimum absolute atomic E-state index is 0.153. The number of hydrogen-bond acceptors (Lipinski definition) is 3. The van der Waals surface area contributed by atoms with E-state index in [4.69, 9.17) is 14.6 Å². The number of carboxylic acids is 1. The first-order chi connectivity index (χ1) is 13.2. The molecule has 28 heavy (non-hydrogen) atoms. The number of halogens is 4. The summed E-state index contributed by atoms with van der Waals surface area (Å²) >= 11 is 0. The minimum Gasteiger partial charge on any atom is -0.479 e. The lowest BCUT2D eigenvalue weighted by Crippen LogP contribution is -2.23. The molecule has 0 aliphatic heterocycles. The molecule has 1 atom stereocenters. The number of carboxylic acid groups (broad SMARTS) is 1. The Morgan fingerprint density at radius 1 is 1.00 bits per heavy atom. The van der Waals surface area contributed by atoms with Gasteiger partial charge in [-0.05, 0) is 19.1 Å². The van der Waals surface area contributed by atoms with Crippen LogP contribution >= 0.6 is 0 Å². The highest BCUT2D eigenvalue weighted by molar-refractivity contribution is 5.94. The predicted molar refractivity (Wildman–Crippen MR) is 93.1 cm³/mol. The molecule has 8 heteroatoms. The van der Waals surface area contributed by atoms with Crippen molar-refractivity contribution >= 4 is 16.7 Å². The molecule has 1 unspecified atom stereocenters. The molecule has 3 rings (SSSR count). The van der Waals surface area contributed by atoms with Gasteiger partial charge in [0.1, 0.15) is 11.5 Å². The van der Waals surface area contributed by atoms with Gasteiger partial charge in [0, 0.05) is 16.8 Å². The normalized spacial score (nSPS) is 12.6. The summed E-state index contributed by atoms with van der Waals surface area (Å²) in [5.41, 5.74) is -1.00. The van der Waals surface area contributed by atoms with Crippen molar-refractivity contribution in [3.8, 4) is 17.2 Å². The lowest BCUT2D eigenvalue weighted by molar-refractivity contribution is -0.144. The molecule has 0 saturated heterocycles. The van der Waals surface area contributed by atoms with Gasteiger partial charge in [0.2, 0.25) is 0 Å². The van der Waals surface area contributed by atoms with Gasteiger partial charge in [-0.15, -0.1) is 0 Å². The van der Waals surface area contributed by atoms with E-state index in [1.54, 1.807) is 12.1 Å². The molecular formula is C20H14F4O4. The second-order valence-electron chi connectivity index (χ2n) is 5.93. The molecule has 3 aromatic rings. The van der Waals surface area contributed by atoms with E-state index in [1.807, 2.05) is 0 Å². The van der Waals surface area contributed by atoms with Crippen molar-refractivity contribution in [2.24, 2.45) is 0 Å². The number of aliphatic carboxylic acids is 1. The van der Waals surface area contributed by atoms with Crippen LogP contribution in [0.2, 0.25) is 0 Å². The first-order valence-electron chi connectivity index (χ1n) is 8.13. The number of carbonyl (C=O) groups is 1. The molecule has 0 amide bonds. The molecule has 0 saturated carbocycles. The summed E-state index contributed by atoms with van der Waals surface area (Å²) in [4.78, 5) is 11.0. The van der Waals surface area contributed by atoms with Crippen molar-refractivity contribution in [2.45, 2.75) is 19.2 Å². The molecule has 0 spiro atoms. The Morgan fingerprint density at radius 3 is 2.25 bits per heavy atom. The van der Waals surface area contributed by atoms with Crippen LogP contribution in [-0.2, 0) is 11.0 Å². The van der Waals surface area contributed by atoms with Crippen LogP contribution < -0.4 is 9.47 Å². The van der Waals surface area contributed by atoms with Gasteiger partial charge in [0.15, 0.2) is 17.7 Å². The van der Waals surface area contributed by atoms with E-state index in [0.717, 1.165) is 18.2 Å². The number of alkyl halides is 3. The molecule has 0 aliphatic carbocycles. The summed E-state index contributed by atoms with van der Waals surface area (Å²) < 4.78 is 64.8. The number of rotatable bonds is 5. The Bertz CT molecular complexity index is 1030. The second-order valence-corrected chi connectivity index (χ2v) is 5.93. The van der Waals surface area contributed by atoms with Crippen molar-refractivity contribution in [1.82, 2.24) is 0 Å². The van der Waals surface area contributed by atoms with Crippen molar-refractivity contribution in [3.05, 3.63) is 66.0 Å². The van der Waals surface area contributed by atoms with E-state index in [9.17, 15) is 22.4 Å². The van der Waals surface area contributed by atoms with E-state index in [-0.39, 0.29) is 22.3 Å². The van der Waals surface area contributed by atoms with Crippen LogP contribution in [0.1, 0.15) is 12.5 Å². The summed E-state index contributed by atoms with van der Waals surface area (Å²) in [6, 6.07) is 11.6. The zero-order valence-electron chi connectivity index (χ0n) is 14.5. The van der Waals surface area contributed by atoms with Crippen LogP contribution in [0, 0.1) is 5.82 Å². The Labute approximate surface area is 156 Å². The number of benzene rings is 3. The maximum absolute atomic E-state index is 14.6. The van der Waals surface area contributed by atoms with Crippen molar-refractivity contribution in [2.75, 3.05) is 0 Å². The van der Waals surface area contributed by atoms with Crippen LogP contribution in [0.5, 0.6) is 17.2 Å². The van der Waals surface area contributed by atoms with E-state index in [1.165, 1.54) is 31.2 Å². The highest BCUT2D eigenvalue weighted by atomic mass is 19.4. The van der Waals surface area contributed by atoms with Gasteiger partial charge in [-0.2, -0.15) is 13.2 Å². The quantitative estimate of drug-likeness (QED) is 0.569. The van der Waals surface area contributed by atoms with Gasteiger partial charge in [-0.25, -0.2) is 9.18 Å². The summed E-state index contributed by atoms with van der Waals surface area (Å²) in [6.45, 7) is 1.24. The number of para-hydroxylation sites is 1. The highest BCUT2D eigenvalue weighted by Crippen LogP contribution is 2.42. The second kappa shape index (κ2) is 7.38. The van der Waals surface area contributed by atoms with E-state index in [2.05, 4.69) is 0 Å². The van der Waals surface area contributed by atoms with E-state index < -0.39 is 35.4 Å². The van der Waals surface area contributed by atoms with Gasteiger partial charge >= 0.3 is 12.1 Å². The van der Waals surface area contributed by atoms with Gasteiger partial charge < -0.3 is 14.6 Å². The summed E-state index contributed by atoms with van der Waals surface area (Å²) in [6.07, 6.45) is -5.97. The largest absolute Gasteiger partial charge is 0.479 e. The molecular weight excluding hydrogens is 380 g/mol. The zero-order chi connectivity index (χ0) is 20.5. The minimum atomic E-state index is -4.65. The fourth-order valence-electron chi connectivity index (χ4n) is 2.62. The van der Waals surface area contributed by atoms with Crippen LogP contribution in [0.25, 0.3) is 10.8 Å². The Kier molecular flexibility index (Phi) is 5.13. The number of fused-ring (bicyclic) bond motifs is 1. The maximum Gasteiger partial charge on any atom is 0.419 e. The first kappa shape index (κ1) is 19.5. The van der Waals surface area contributed by atoms with Gasteiger partial charge in [0.25, 0.3) is 0 Å². The van der Waals surface area contributed by atoms with Crippen molar-refractivity contribution in [1.29, 1.82) is 0 Å². The van der Waals surface area contributed by atoms with E-state index in [0.29, 0.717) is 0 Å². The molecule has 0 fully saturated rings. The van der Waals surface area contributed by atoms with Crippen LogP contribution in [-0.4, -0.2) is 17.2 Å². The molecule has 0 aromatic heterocycles. The lowest BCUT2D eigenvalue weighted by Gasteiger charge is -2.18. The van der Waals surface area contributed by atoms with Crippen molar-refractivity contribution < 1.29 is 36.9 Å². The van der Waals surface area contributed by atoms with Crippen molar-refractivity contribution in [3.63, 3.8) is 0 Å². The number of ether oxygens (including phenoxy) is 2. The fourth-order valence-corrected chi connectivity index (χ4v) is 2.62. The third-order valence-corrected chi connectivity index (χ3v) is 3.97. The van der Waals surface area contributed by atoms with E-state index >= 15 is 0 Å². The monoisotopic (exact) mass is 394 g/mol. The van der Waals surface area contributed by atoms with Crippen LogP contribution in [0.4, 0.5) is 17.6 Å². The SMILES string of the molecule is CC(Oc1c(F)cc(Oc2ccccc2C(F)(F)F)c2ccccc12)C(=O)O. The highest BCUT2D eigenvalue weighted by Gasteiger charge is 2.34. The van der Waals surface area contributed by atoms with Gasteiger partial charge in [-0.1, -0.05) is 36.4 Å².